The van der Waals surface area contributed by atoms with Gasteiger partial charge in [-0.3, -0.25) is 18.4 Å². The van der Waals surface area contributed by atoms with Crippen molar-refractivity contribution in [1.82, 2.24) is 5.32 Å². The van der Waals surface area contributed by atoms with E-state index in [9.17, 15) is 14.2 Å². The summed E-state index contributed by atoms with van der Waals surface area (Å²) >= 11 is 0. The van der Waals surface area contributed by atoms with Gasteiger partial charge in [-0.25, -0.2) is 9.36 Å². The third-order valence-corrected chi connectivity index (χ3v) is 5.47. The van der Waals surface area contributed by atoms with Gasteiger partial charge in [-0.2, -0.15) is 0 Å². The van der Waals surface area contributed by atoms with Crippen LogP contribution in [0.25, 0.3) is 0 Å². The number of amides is 2. The van der Waals surface area contributed by atoms with E-state index in [4.69, 9.17) is 18.3 Å². The average molecular weight is 487 g/mol. The number of hydrogen-bond donors (Lipinski definition) is 2. The minimum atomic E-state index is -4.10. The number of rotatable bonds is 8. The number of benzene rings is 1. The van der Waals surface area contributed by atoms with Crippen molar-refractivity contribution in [3.63, 3.8) is 0 Å². The predicted octanol–water partition coefficient (Wildman–Crippen LogP) is 5.58. The van der Waals surface area contributed by atoms with E-state index >= 15 is 0 Å². The first-order chi connectivity index (χ1) is 14.8. The first kappa shape index (κ1) is 29.1. The van der Waals surface area contributed by atoms with Gasteiger partial charge >= 0.3 is 13.9 Å². The molecule has 0 aliphatic carbocycles. The minimum absolute atomic E-state index is 0.472. The molecule has 1 aromatic carbocycles. The zero-order chi connectivity index (χ0) is 25.7. The molecule has 188 valence electrons. The molecule has 0 bridgehead atoms. The second-order valence-corrected chi connectivity index (χ2v) is 12.2. The van der Waals surface area contributed by atoms with Crippen molar-refractivity contribution >= 4 is 25.5 Å². The van der Waals surface area contributed by atoms with Crippen LogP contribution in [0.4, 0.5) is 10.5 Å². The lowest BCUT2D eigenvalue weighted by molar-refractivity contribution is -0.119. The quantitative estimate of drug-likeness (QED) is 0.461. The van der Waals surface area contributed by atoms with Crippen LogP contribution in [0.15, 0.2) is 24.3 Å². The molecule has 0 fully saturated rings. The Labute approximate surface area is 197 Å². The highest BCUT2D eigenvalue weighted by Gasteiger charge is 2.39. The summed E-state index contributed by atoms with van der Waals surface area (Å²) in [6.45, 7) is 16.7. The fraction of sp³-hybridized carbons (Fsp3) is 0.652. The Bertz CT molecular complexity index is 847. The largest absolute Gasteiger partial charge is 0.475 e. The lowest BCUT2D eigenvalue weighted by Gasteiger charge is -2.31. The average Bonchev–Trinajstić information content (AvgIpc) is 2.53. The molecule has 2 N–H and O–H groups in total. The highest BCUT2D eigenvalue weighted by Crippen LogP contribution is 2.55. The van der Waals surface area contributed by atoms with E-state index in [0.29, 0.717) is 5.69 Å². The van der Waals surface area contributed by atoms with Gasteiger partial charge in [-0.15, -0.1) is 0 Å². The summed E-state index contributed by atoms with van der Waals surface area (Å²) in [4.78, 5) is 25.3. The number of carbonyl (C=O) groups excluding carboxylic acids is 2. The molecule has 0 radical (unpaired) electrons. The molecule has 33 heavy (non-hydrogen) atoms. The smallest absolute Gasteiger partial charge is 0.444 e. The van der Waals surface area contributed by atoms with Crippen molar-refractivity contribution in [3.05, 3.63) is 29.8 Å². The predicted molar refractivity (Wildman–Crippen MR) is 128 cm³/mol. The molecule has 10 heteroatoms. The number of aryl methyl sites for hydroxylation is 1. The highest BCUT2D eigenvalue weighted by molar-refractivity contribution is 7.48. The molecule has 1 rings (SSSR count). The van der Waals surface area contributed by atoms with Crippen molar-refractivity contribution < 1.29 is 32.5 Å². The van der Waals surface area contributed by atoms with Gasteiger partial charge in [-0.1, -0.05) is 12.1 Å². The molecule has 1 aromatic rings. The maximum absolute atomic E-state index is 13.3. The Morgan fingerprint density at radius 1 is 0.939 bits per heavy atom. The summed E-state index contributed by atoms with van der Waals surface area (Å²) in [5, 5.41) is 5.20. The van der Waals surface area contributed by atoms with Crippen molar-refractivity contribution in [1.29, 1.82) is 0 Å². The van der Waals surface area contributed by atoms with Crippen molar-refractivity contribution in [3.8, 4) is 0 Å². The van der Waals surface area contributed by atoms with Gasteiger partial charge in [0.1, 0.15) is 11.6 Å². The van der Waals surface area contributed by atoms with Gasteiger partial charge in [0.2, 0.25) is 5.91 Å². The summed E-state index contributed by atoms with van der Waals surface area (Å²) in [6, 6.07) is 5.94. The van der Waals surface area contributed by atoms with Gasteiger partial charge in [0.05, 0.1) is 17.8 Å². The van der Waals surface area contributed by atoms with Gasteiger partial charge in [0, 0.05) is 5.69 Å². The fourth-order valence-corrected chi connectivity index (χ4v) is 4.31. The maximum atomic E-state index is 13.3. The Morgan fingerprint density at radius 2 is 1.48 bits per heavy atom. The van der Waals surface area contributed by atoms with E-state index < -0.39 is 49.3 Å². The normalized spacial score (nSPS) is 13.9. The highest BCUT2D eigenvalue weighted by atomic mass is 31.2. The number of carbonyl (C=O) groups is 2. The molecule has 0 saturated carbocycles. The van der Waals surface area contributed by atoms with Crippen LogP contribution in [0.2, 0.25) is 0 Å². The molecule has 0 saturated heterocycles. The number of anilines is 1. The summed E-state index contributed by atoms with van der Waals surface area (Å²) < 4.78 is 35.3. The van der Waals surface area contributed by atoms with Crippen LogP contribution in [-0.2, 0) is 27.7 Å². The van der Waals surface area contributed by atoms with Crippen LogP contribution in [0.1, 0.15) is 67.9 Å². The van der Waals surface area contributed by atoms with Gasteiger partial charge in [0.25, 0.3) is 0 Å². The fourth-order valence-electron chi connectivity index (χ4n) is 2.49. The third-order valence-electron chi connectivity index (χ3n) is 3.46. The molecule has 0 spiro atoms. The number of ether oxygens (including phenoxy) is 1. The molecule has 0 heterocycles. The SMILES string of the molecule is Cc1cccc(NC(=O)[C@@H](COP(=O)(OC(C)(C)C)OC(C)(C)C)NC(=O)OC(C)(C)C)c1. The van der Waals surface area contributed by atoms with E-state index in [-0.39, 0.29) is 0 Å². The molecule has 1 atom stereocenters. The lowest BCUT2D eigenvalue weighted by atomic mass is 10.2. The van der Waals surface area contributed by atoms with Crippen LogP contribution in [0.3, 0.4) is 0 Å². The molecule has 0 unspecified atom stereocenters. The molecular weight excluding hydrogens is 447 g/mol. The summed E-state index contributed by atoms with van der Waals surface area (Å²) in [5.74, 6) is -0.579. The Balaban J connectivity index is 3.10. The second-order valence-electron chi connectivity index (χ2n) is 10.7. The zero-order valence-corrected chi connectivity index (χ0v) is 22.3. The van der Waals surface area contributed by atoms with E-state index in [1.807, 2.05) is 13.0 Å². The summed E-state index contributed by atoms with van der Waals surface area (Å²) in [7, 11) is -4.10. The van der Waals surface area contributed by atoms with Gasteiger partial charge in [0.15, 0.2) is 0 Å². The summed E-state index contributed by atoms with van der Waals surface area (Å²) in [6.07, 6.45) is -0.821. The van der Waals surface area contributed by atoms with E-state index in [0.717, 1.165) is 5.56 Å². The monoisotopic (exact) mass is 486 g/mol. The minimum Gasteiger partial charge on any atom is -0.444 e. The van der Waals surface area contributed by atoms with E-state index in [2.05, 4.69) is 10.6 Å². The number of phosphoric acid groups is 1. The topological polar surface area (TPSA) is 112 Å². The molecule has 2 amide bonds. The zero-order valence-electron chi connectivity index (χ0n) is 21.4. The van der Waals surface area contributed by atoms with Crippen LogP contribution >= 0.6 is 7.82 Å². The maximum Gasteiger partial charge on any atom is 0.475 e. The van der Waals surface area contributed by atoms with Crippen molar-refractivity contribution in [2.24, 2.45) is 0 Å². The third kappa shape index (κ3) is 12.8. The molecule has 0 aromatic heterocycles. The molecule has 9 nitrogen and oxygen atoms in total. The number of phosphoric ester groups is 1. The second kappa shape index (κ2) is 11.0. The van der Waals surface area contributed by atoms with Gasteiger partial charge < -0.3 is 15.4 Å². The van der Waals surface area contributed by atoms with E-state index in [1.54, 1.807) is 80.5 Å². The van der Waals surface area contributed by atoms with Crippen LogP contribution in [0.5, 0.6) is 0 Å². The first-order valence-corrected chi connectivity index (χ1v) is 12.3. The van der Waals surface area contributed by atoms with Gasteiger partial charge in [-0.05, 0) is 86.9 Å². The van der Waals surface area contributed by atoms with E-state index in [1.165, 1.54) is 0 Å². The molecule has 0 aliphatic heterocycles. The van der Waals surface area contributed by atoms with Crippen LogP contribution in [0, 0.1) is 6.92 Å². The van der Waals surface area contributed by atoms with Crippen molar-refractivity contribution in [2.45, 2.75) is 92.1 Å². The Morgan fingerprint density at radius 3 is 1.94 bits per heavy atom. The Kier molecular flexibility index (Phi) is 9.70. The van der Waals surface area contributed by atoms with Crippen LogP contribution in [-0.4, -0.2) is 41.5 Å². The lowest BCUT2D eigenvalue weighted by Crippen LogP contribution is -2.48. The first-order valence-electron chi connectivity index (χ1n) is 10.8. The summed E-state index contributed by atoms with van der Waals surface area (Å²) in [5.41, 5.74) is -0.988. The molecular formula is C23H39N2O7P. The standard InChI is InChI=1S/C23H39N2O7P/c1-16-12-11-13-17(14-16)24-19(26)18(25-20(27)30-21(2,3)4)15-29-33(28,31-22(5,6)7)32-23(8,9)10/h11-14,18H,15H2,1-10H3,(H,24,26)(H,25,27)/t18-/m1/s1. The number of hydrogen-bond acceptors (Lipinski definition) is 7. The number of nitrogens with one attached hydrogen (secondary N) is 2. The van der Waals surface area contributed by atoms with Crippen molar-refractivity contribution in [2.75, 3.05) is 11.9 Å². The molecule has 0 aliphatic rings. The van der Waals surface area contributed by atoms with Crippen LogP contribution < -0.4 is 10.6 Å². The Hall–Kier alpha value is -1.93. The number of alkyl carbamates (subject to hydrolysis) is 1.